The number of unbranched alkanes of at least 4 members (excludes halogenated alkanes) is 16. The number of hydrogen-bond acceptors (Lipinski definition) is 6. The number of methoxy groups -OCH3 is 1. The van der Waals surface area contributed by atoms with Gasteiger partial charge < -0.3 is 33.6 Å². The Bertz CT molecular complexity index is 690. The van der Waals surface area contributed by atoms with E-state index < -0.39 is 25.8 Å². The first-order chi connectivity index (χ1) is 20.6. The van der Waals surface area contributed by atoms with E-state index in [2.05, 4.69) is 19.1 Å². The van der Waals surface area contributed by atoms with Crippen LogP contribution in [0.3, 0.4) is 0 Å². The molecule has 0 rings (SSSR count). The first-order valence-corrected chi connectivity index (χ1v) is 19.2. The minimum Gasteiger partial charge on any atom is -0.379 e. The van der Waals surface area contributed by atoms with Crippen molar-refractivity contribution in [1.82, 2.24) is 0 Å². The van der Waals surface area contributed by atoms with Crippen LogP contribution in [-0.2, 0) is 18.6 Å². The second-order valence-corrected chi connectivity index (χ2v) is 14.8. The predicted octanol–water partition coefficient (Wildman–Crippen LogP) is 8.33. The number of aliphatic hydroxyl groups is 2. The molecule has 0 aromatic heterocycles. The highest BCUT2D eigenvalue weighted by Crippen LogP contribution is 2.52. The van der Waals surface area contributed by atoms with Gasteiger partial charge in [0.2, 0.25) is 0 Å². The fourth-order valence-corrected chi connectivity index (χ4v) is 7.47. The summed E-state index contributed by atoms with van der Waals surface area (Å²) in [4.78, 5) is 10.7. The molecule has 43 heavy (non-hydrogen) atoms. The average molecular weight is 637 g/mol. The van der Waals surface area contributed by atoms with E-state index in [0.717, 1.165) is 12.8 Å². The summed E-state index contributed by atoms with van der Waals surface area (Å²) < 4.78 is 29.9. The van der Waals surface area contributed by atoms with Crippen LogP contribution in [0.15, 0.2) is 12.2 Å². The lowest BCUT2D eigenvalue weighted by atomic mass is 10.1. The van der Waals surface area contributed by atoms with Gasteiger partial charge in [-0.1, -0.05) is 109 Å². The summed E-state index contributed by atoms with van der Waals surface area (Å²) in [6.45, 7) is 5.39. The average Bonchev–Trinajstić information content (AvgIpc) is 2.96. The molecule has 3 atom stereocenters. The van der Waals surface area contributed by atoms with Gasteiger partial charge in [-0.3, -0.25) is 4.57 Å². The molecule has 0 aliphatic heterocycles. The molecule has 0 radical (unpaired) electrons. The van der Waals surface area contributed by atoms with Gasteiger partial charge in [0, 0.05) is 26.6 Å². The largest absolute Gasteiger partial charge is 0.385 e. The molecule has 9 heteroatoms. The minimum absolute atomic E-state index is 0.0284. The molecule has 0 aliphatic rings. The summed E-state index contributed by atoms with van der Waals surface area (Å²) in [6.07, 6.45) is 27.0. The van der Waals surface area contributed by atoms with Crippen molar-refractivity contribution in [2.75, 3.05) is 47.6 Å². The van der Waals surface area contributed by atoms with Crippen LogP contribution in [0.1, 0.15) is 142 Å². The van der Waals surface area contributed by atoms with Gasteiger partial charge in [-0.15, -0.1) is 0 Å². The van der Waals surface area contributed by atoms with E-state index >= 15 is 0 Å². The van der Waals surface area contributed by atoms with Gasteiger partial charge in [-0.05, 0) is 32.1 Å². The van der Waals surface area contributed by atoms with Crippen molar-refractivity contribution in [3.05, 3.63) is 12.2 Å². The third kappa shape index (κ3) is 24.6. The normalized spacial score (nSPS) is 15.4. The lowest BCUT2D eigenvalue weighted by molar-refractivity contribution is -0.903. The molecule has 0 spiro atoms. The van der Waals surface area contributed by atoms with Gasteiger partial charge in [0.25, 0.3) is 0 Å². The second kappa shape index (κ2) is 28.0. The van der Waals surface area contributed by atoms with Crippen molar-refractivity contribution in [1.29, 1.82) is 0 Å². The lowest BCUT2D eigenvalue weighted by Crippen LogP contribution is -2.50. The van der Waals surface area contributed by atoms with Gasteiger partial charge in [-0.25, -0.2) is 0 Å². The second-order valence-electron chi connectivity index (χ2n) is 12.8. The van der Waals surface area contributed by atoms with Gasteiger partial charge in [0.1, 0.15) is 6.10 Å². The summed E-state index contributed by atoms with van der Waals surface area (Å²) in [5, 5.41) is 18.4. The fourth-order valence-electron chi connectivity index (χ4n) is 5.55. The van der Waals surface area contributed by atoms with Crippen molar-refractivity contribution < 1.29 is 38.2 Å². The maximum absolute atomic E-state index is 13.0. The van der Waals surface area contributed by atoms with Crippen molar-refractivity contribution in [3.8, 4) is 0 Å². The number of ether oxygens (including phenoxy) is 2. The number of allylic oxidation sites excluding steroid dienone is 2. The number of quaternary nitrogens is 1. The Balaban J connectivity index is 3.76. The maximum atomic E-state index is 13.0. The topological polar surface area (TPSA) is 105 Å². The highest BCUT2D eigenvalue weighted by Gasteiger charge is 2.44. The van der Waals surface area contributed by atoms with E-state index in [4.69, 9.17) is 14.0 Å². The van der Waals surface area contributed by atoms with E-state index in [1.807, 2.05) is 6.92 Å². The third-order valence-electron chi connectivity index (χ3n) is 8.40. The first kappa shape index (κ1) is 42.7. The van der Waals surface area contributed by atoms with Crippen LogP contribution in [0.4, 0.5) is 0 Å². The Morgan fingerprint density at radius 2 is 1.23 bits per heavy atom. The Morgan fingerprint density at radius 3 is 1.70 bits per heavy atom. The summed E-state index contributed by atoms with van der Waals surface area (Å²) in [6, 6.07) is 0. The molecule has 2 unspecified atom stereocenters. The number of nitrogens with zero attached hydrogens (tertiary/aromatic N) is 1. The van der Waals surface area contributed by atoms with Crippen molar-refractivity contribution in [2.24, 2.45) is 0 Å². The third-order valence-corrected chi connectivity index (χ3v) is 10.7. The Kier molecular flexibility index (Phi) is 27.8. The lowest BCUT2D eigenvalue weighted by Gasteiger charge is -2.39. The van der Waals surface area contributed by atoms with E-state index in [-0.39, 0.29) is 17.5 Å². The summed E-state index contributed by atoms with van der Waals surface area (Å²) in [7, 11) is 1.20. The van der Waals surface area contributed by atoms with Crippen LogP contribution in [0.25, 0.3) is 0 Å². The standard InChI is InChI=1S/C34H70NO7P/c1-6-8-9-10-11-12-13-14-15-16-17-18-19-20-21-22-23-24-25-26-29-41-30-32(40-5)31-42-43(38,39)33(7-2)35(3,4)28-27-34(36)37/h14-15,32-34,36-37H,6-13,16-31H2,1-5H3/p+1/b15-14-/t32-,33?/m1/s1. The Hall–Kier alpha value is -0.310. The number of rotatable bonds is 32. The molecule has 0 aliphatic carbocycles. The first-order valence-electron chi connectivity index (χ1n) is 17.5. The van der Waals surface area contributed by atoms with Crippen molar-refractivity contribution in [2.45, 2.75) is 160 Å². The maximum Gasteiger partial charge on any atom is 0.385 e. The molecule has 0 bridgehead atoms. The molecule has 0 aromatic carbocycles. The van der Waals surface area contributed by atoms with E-state index in [9.17, 15) is 19.7 Å². The van der Waals surface area contributed by atoms with Crippen molar-refractivity contribution >= 4 is 7.60 Å². The fraction of sp³-hybridized carbons (Fsp3) is 0.941. The quantitative estimate of drug-likeness (QED) is 0.0224. The van der Waals surface area contributed by atoms with Crippen LogP contribution >= 0.6 is 7.60 Å². The molecule has 0 amide bonds. The highest BCUT2D eigenvalue weighted by atomic mass is 31.2. The molecule has 0 aromatic rings. The summed E-state index contributed by atoms with van der Waals surface area (Å²) >= 11 is 0. The molecule has 258 valence electrons. The smallest absolute Gasteiger partial charge is 0.379 e. The van der Waals surface area contributed by atoms with Crippen LogP contribution in [0.5, 0.6) is 0 Å². The predicted molar refractivity (Wildman–Crippen MR) is 179 cm³/mol. The van der Waals surface area contributed by atoms with Crippen LogP contribution in [-0.4, -0.2) is 85.3 Å². The molecular weight excluding hydrogens is 565 g/mol. The van der Waals surface area contributed by atoms with Crippen molar-refractivity contribution in [3.63, 3.8) is 0 Å². The SMILES string of the molecule is CCCCCCCC/C=C\CCCCCCCCCCCCOC[C@H](COP(=O)(O)C(CC)[N+](C)(C)CCC(O)O)OC. The zero-order chi connectivity index (χ0) is 32.2. The Morgan fingerprint density at radius 1 is 0.744 bits per heavy atom. The monoisotopic (exact) mass is 636 g/mol. The van der Waals surface area contributed by atoms with Crippen LogP contribution in [0.2, 0.25) is 0 Å². The zero-order valence-corrected chi connectivity index (χ0v) is 29.6. The van der Waals surface area contributed by atoms with Gasteiger partial charge in [0.05, 0.1) is 33.9 Å². The van der Waals surface area contributed by atoms with Crippen LogP contribution in [0, 0.1) is 0 Å². The molecule has 0 fully saturated rings. The Labute approximate surface area is 265 Å². The van der Waals surface area contributed by atoms with Gasteiger partial charge in [0.15, 0.2) is 12.1 Å². The molecule has 8 nitrogen and oxygen atoms in total. The van der Waals surface area contributed by atoms with E-state index in [1.165, 1.54) is 103 Å². The van der Waals surface area contributed by atoms with Gasteiger partial charge in [-0.2, -0.15) is 0 Å². The molecule has 0 saturated carbocycles. The van der Waals surface area contributed by atoms with E-state index in [1.54, 1.807) is 21.2 Å². The molecule has 0 saturated heterocycles. The summed E-state index contributed by atoms with van der Waals surface area (Å²) in [5.74, 6) is -0.670. The van der Waals surface area contributed by atoms with Gasteiger partial charge >= 0.3 is 7.60 Å². The summed E-state index contributed by atoms with van der Waals surface area (Å²) in [5.41, 5.74) is 0. The minimum atomic E-state index is -3.96. The van der Waals surface area contributed by atoms with Crippen LogP contribution < -0.4 is 0 Å². The van der Waals surface area contributed by atoms with E-state index in [0.29, 0.717) is 26.2 Å². The highest BCUT2D eigenvalue weighted by molar-refractivity contribution is 7.53. The molecular formula is C34H71NO7P+. The molecule has 0 heterocycles. The number of aliphatic hydroxyl groups excluding tert-OH is 1. The number of hydrogen-bond donors (Lipinski definition) is 3. The zero-order valence-electron chi connectivity index (χ0n) is 28.7. The molecule has 3 N–H and O–H groups in total.